The van der Waals surface area contributed by atoms with Gasteiger partial charge in [-0.05, 0) is 43.7 Å². The van der Waals surface area contributed by atoms with Crippen LogP contribution in [0.1, 0.15) is 35.1 Å². The predicted octanol–water partition coefficient (Wildman–Crippen LogP) is 6.10. The third-order valence-electron chi connectivity index (χ3n) is 3.85. The van der Waals surface area contributed by atoms with Crippen LogP contribution in [0.15, 0.2) is 42.5 Å². The van der Waals surface area contributed by atoms with E-state index >= 15 is 0 Å². The summed E-state index contributed by atoms with van der Waals surface area (Å²) in [5.41, 5.74) is 0.993. The van der Waals surface area contributed by atoms with Crippen molar-refractivity contribution in [3.05, 3.63) is 63.0 Å². The van der Waals surface area contributed by atoms with Gasteiger partial charge in [0.25, 0.3) is 5.91 Å². The number of nitrogens with one attached hydrogen (secondary N) is 1. The minimum absolute atomic E-state index is 0.153. The number of hydrogen-bond donors (Lipinski definition) is 1. The summed E-state index contributed by atoms with van der Waals surface area (Å²) >= 11 is 13.9. The van der Waals surface area contributed by atoms with Crippen LogP contribution >= 0.6 is 34.5 Å². The number of amides is 1. The van der Waals surface area contributed by atoms with Crippen LogP contribution in [0.25, 0.3) is 10.1 Å². The topological polar surface area (TPSA) is 38.3 Å². The van der Waals surface area contributed by atoms with Crippen LogP contribution in [0, 0.1) is 0 Å². The van der Waals surface area contributed by atoms with Crippen molar-refractivity contribution >= 4 is 50.5 Å². The highest BCUT2D eigenvalue weighted by Crippen LogP contribution is 2.39. The molecule has 0 aliphatic heterocycles. The molecule has 1 N–H and O–H groups in total. The predicted molar refractivity (Wildman–Crippen MR) is 105 cm³/mol. The van der Waals surface area contributed by atoms with E-state index in [0.717, 1.165) is 21.4 Å². The second-order valence-electron chi connectivity index (χ2n) is 5.56. The minimum atomic E-state index is -0.205. The van der Waals surface area contributed by atoms with Gasteiger partial charge >= 0.3 is 0 Å². The molecule has 1 amide bonds. The minimum Gasteiger partial charge on any atom is -0.494 e. The first-order valence-corrected chi connectivity index (χ1v) is 9.48. The van der Waals surface area contributed by atoms with Crippen LogP contribution in [0.4, 0.5) is 0 Å². The maximum absolute atomic E-state index is 12.6. The van der Waals surface area contributed by atoms with Gasteiger partial charge in [0.1, 0.15) is 10.6 Å². The van der Waals surface area contributed by atoms with Crippen molar-refractivity contribution < 1.29 is 9.53 Å². The molecule has 0 aliphatic rings. The first-order valence-electron chi connectivity index (χ1n) is 7.91. The van der Waals surface area contributed by atoms with Gasteiger partial charge in [0.05, 0.1) is 22.7 Å². The van der Waals surface area contributed by atoms with Gasteiger partial charge in [0, 0.05) is 10.1 Å². The number of thiophene rings is 1. The van der Waals surface area contributed by atoms with E-state index in [1.54, 1.807) is 6.07 Å². The van der Waals surface area contributed by atoms with Crippen LogP contribution in [0.2, 0.25) is 10.0 Å². The fourth-order valence-corrected chi connectivity index (χ4v) is 4.44. The summed E-state index contributed by atoms with van der Waals surface area (Å²) in [6, 6.07) is 13.1. The zero-order chi connectivity index (χ0) is 18.0. The van der Waals surface area contributed by atoms with Gasteiger partial charge in [-0.2, -0.15) is 0 Å². The summed E-state index contributed by atoms with van der Waals surface area (Å²) in [7, 11) is 0. The van der Waals surface area contributed by atoms with E-state index in [-0.39, 0.29) is 11.9 Å². The van der Waals surface area contributed by atoms with E-state index in [2.05, 4.69) is 5.32 Å². The molecule has 0 bridgehead atoms. The van der Waals surface area contributed by atoms with Gasteiger partial charge in [0.15, 0.2) is 0 Å². The number of carbonyl (C=O) groups is 1. The molecule has 0 saturated heterocycles. The largest absolute Gasteiger partial charge is 0.494 e. The van der Waals surface area contributed by atoms with E-state index in [9.17, 15) is 4.79 Å². The summed E-state index contributed by atoms with van der Waals surface area (Å²) in [6.07, 6.45) is 0. The molecule has 3 nitrogen and oxygen atoms in total. The Hall–Kier alpha value is -1.75. The molecule has 0 fully saturated rings. The fraction of sp³-hybridized carbons (Fsp3) is 0.211. The zero-order valence-corrected chi connectivity index (χ0v) is 16.1. The van der Waals surface area contributed by atoms with Crippen molar-refractivity contribution in [2.75, 3.05) is 6.61 Å². The first-order chi connectivity index (χ1) is 12.0. The summed E-state index contributed by atoms with van der Waals surface area (Å²) in [5.74, 6) is 0.607. The Bertz CT molecular complexity index is 906. The van der Waals surface area contributed by atoms with Crippen molar-refractivity contribution in [2.24, 2.45) is 0 Å². The highest BCUT2D eigenvalue weighted by molar-refractivity contribution is 7.21. The standard InChI is InChI=1S/C19H17Cl2NO2S/c1-3-24-13-9-7-12(8-10-13)11(2)22-19(23)18-17(21)16-14(20)5-4-6-15(16)25-18/h4-11H,3H2,1-2H3,(H,22,23)/t11-/m1/s1. The Labute approximate surface area is 160 Å². The average Bonchev–Trinajstić information content (AvgIpc) is 2.94. The number of ether oxygens (including phenoxy) is 1. The SMILES string of the molecule is CCOc1ccc([C@@H](C)NC(=O)c2sc3cccc(Cl)c3c2Cl)cc1. The molecule has 1 atom stereocenters. The smallest absolute Gasteiger partial charge is 0.263 e. The Balaban J connectivity index is 1.80. The third kappa shape index (κ3) is 3.76. The average molecular weight is 394 g/mol. The van der Waals surface area contributed by atoms with Crippen LogP contribution < -0.4 is 10.1 Å². The van der Waals surface area contributed by atoms with E-state index in [1.807, 2.05) is 50.2 Å². The number of fused-ring (bicyclic) bond motifs is 1. The molecule has 0 radical (unpaired) electrons. The summed E-state index contributed by atoms with van der Waals surface area (Å²) < 4.78 is 6.34. The molecule has 1 aromatic heterocycles. The molecular formula is C19H17Cl2NO2S. The molecule has 3 aromatic rings. The van der Waals surface area contributed by atoms with E-state index in [0.29, 0.717) is 21.5 Å². The highest BCUT2D eigenvalue weighted by atomic mass is 35.5. The Kier molecular flexibility index (Phi) is 5.52. The van der Waals surface area contributed by atoms with Gasteiger partial charge in [-0.15, -0.1) is 11.3 Å². The molecule has 2 aromatic carbocycles. The van der Waals surface area contributed by atoms with E-state index in [1.165, 1.54) is 11.3 Å². The fourth-order valence-electron chi connectivity index (χ4n) is 2.58. The maximum atomic E-state index is 12.6. The van der Waals surface area contributed by atoms with E-state index in [4.69, 9.17) is 27.9 Å². The molecule has 0 saturated carbocycles. The lowest BCUT2D eigenvalue weighted by molar-refractivity contribution is 0.0944. The van der Waals surface area contributed by atoms with Crippen molar-refractivity contribution in [3.8, 4) is 5.75 Å². The van der Waals surface area contributed by atoms with Crippen molar-refractivity contribution in [3.63, 3.8) is 0 Å². The number of carbonyl (C=O) groups excluding carboxylic acids is 1. The molecule has 0 spiro atoms. The molecule has 130 valence electrons. The van der Waals surface area contributed by atoms with Crippen molar-refractivity contribution in [2.45, 2.75) is 19.9 Å². The van der Waals surface area contributed by atoms with Gasteiger partial charge in [0.2, 0.25) is 0 Å². The number of rotatable bonds is 5. The van der Waals surface area contributed by atoms with Gasteiger partial charge in [-0.3, -0.25) is 4.79 Å². The third-order valence-corrected chi connectivity index (χ3v) is 5.81. The second-order valence-corrected chi connectivity index (χ2v) is 7.39. The summed E-state index contributed by atoms with van der Waals surface area (Å²) in [6.45, 7) is 4.50. The Morgan fingerprint density at radius 1 is 1.20 bits per heavy atom. The molecule has 0 unspecified atom stereocenters. The zero-order valence-electron chi connectivity index (χ0n) is 13.8. The van der Waals surface area contributed by atoms with Gasteiger partial charge < -0.3 is 10.1 Å². The lowest BCUT2D eigenvalue weighted by Gasteiger charge is -2.14. The second kappa shape index (κ2) is 7.65. The highest BCUT2D eigenvalue weighted by Gasteiger charge is 2.20. The van der Waals surface area contributed by atoms with Crippen molar-refractivity contribution in [1.29, 1.82) is 0 Å². The Morgan fingerprint density at radius 3 is 2.56 bits per heavy atom. The van der Waals surface area contributed by atoms with Gasteiger partial charge in [-0.1, -0.05) is 41.4 Å². The number of benzene rings is 2. The lowest BCUT2D eigenvalue weighted by atomic mass is 10.1. The number of hydrogen-bond acceptors (Lipinski definition) is 3. The van der Waals surface area contributed by atoms with Crippen molar-refractivity contribution in [1.82, 2.24) is 5.32 Å². The lowest BCUT2D eigenvalue weighted by Crippen LogP contribution is -2.26. The van der Waals surface area contributed by atoms with Crippen LogP contribution in [0.5, 0.6) is 5.75 Å². The molecular weight excluding hydrogens is 377 g/mol. The molecule has 25 heavy (non-hydrogen) atoms. The molecule has 0 aliphatic carbocycles. The normalized spacial score (nSPS) is 12.2. The molecule has 1 heterocycles. The van der Waals surface area contributed by atoms with E-state index < -0.39 is 0 Å². The summed E-state index contributed by atoms with van der Waals surface area (Å²) in [5, 5.41) is 4.68. The molecule has 6 heteroatoms. The van der Waals surface area contributed by atoms with Crippen LogP contribution in [-0.2, 0) is 0 Å². The number of halogens is 2. The van der Waals surface area contributed by atoms with Crippen LogP contribution in [0.3, 0.4) is 0 Å². The monoisotopic (exact) mass is 393 g/mol. The molecule has 3 rings (SSSR count). The van der Waals surface area contributed by atoms with Gasteiger partial charge in [-0.25, -0.2) is 0 Å². The Morgan fingerprint density at radius 2 is 1.92 bits per heavy atom. The summed E-state index contributed by atoms with van der Waals surface area (Å²) in [4.78, 5) is 13.1. The van der Waals surface area contributed by atoms with Crippen LogP contribution in [-0.4, -0.2) is 12.5 Å². The maximum Gasteiger partial charge on any atom is 0.263 e. The quantitative estimate of drug-likeness (QED) is 0.568. The first kappa shape index (κ1) is 18.1.